The number of amides is 1. The number of fused-ring (bicyclic) bond motifs is 2. The Morgan fingerprint density at radius 3 is 2.77 bits per heavy atom. The second-order valence-corrected chi connectivity index (χ2v) is 7.78. The summed E-state index contributed by atoms with van der Waals surface area (Å²) >= 11 is 0. The van der Waals surface area contributed by atoms with Crippen LogP contribution in [0.15, 0.2) is 54.6 Å². The van der Waals surface area contributed by atoms with Gasteiger partial charge in [-0.15, -0.1) is 0 Å². The van der Waals surface area contributed by atoms with Gasteiger partial charge in [-0.05, 0) is 41.5 Å². The van der Waals surface area contributed by atoms with E-state index in [0.29, 0.717) is 12.3 Å². The average Bonchev–Trinajstić information content (AvgIpc) is 3.47. The Morgan fingerprint density at radius 2 is 1.90 bits per heavy atom. The van der Waals surface area contributed by atoms with E-state index in [-0.39, 0.29) is 18.6 Å². The minimum Gasteiger partial charge on any atom is -0.492 e. The van der Waals surface area contributed by atoms with E-state index in [1.165, 1.54) is 5.56 Å². The quantitative estimate of drug-likeness (QED) is 0.673. The predicted octanol–water partition coefficient (Wildman–Crippen LogP) is 4.12. The number of hydrogen-bond donors (Lipinski definition) is 1. The van der Waals surface area contributed by atoms with Crippen LogP contribution in [0.2, 0.25) is 0 Å². The number of carbonyl (C=O) groups excluding carboxylic acids is 1. The molecule has 2 aliphatic rings. The molecule has 154 valence electrons. The van der Waals surface area contributed by atoms with E-state index < -0.39 is 0 Å². The zero-order valence-corrected chi connectivity index (χ0v) is 16.9. The Hall–Kier alpha value is -3.05. The predicted molar refractivity (Wildman–Crippen MR) is 116 cm³/mol. The summed E-state index contributed by atoms with van der Waals surface area (Å²) in [5, 5.41) is 4.97. The van der Waals surface area contributed by atoms with E-state index in [0.717, 1.165) is 60.1 Å². The van der Waals surface area contributed by atoms with Crippen LogP contribution in [0.4, 0.5) is 0 Å². The van der Waals surface area contributed by atoms with Crippen LogP contribution in [-0.4, -0.2) is 38.4 Å². The van der Waals surface area contributed by atoms with Gasteiger partial charge in [0.1, 0.15) is 11.5 Å². The molecule has 1 unspecified atom stereocenters. The van der Waals surface area contributed by atoms with Crippen molar-refractivity contribution in [1.29, 1.82) is 0 Å². The van der Waals surface area contributed by atoms with Gasteiger partial charge in [0.05, 0.1) is 12.7 Å². The highest BCUT2D eigenvalue weighted by Crippen LogP contribution is 2.41. The molecule has 0 bridgehead atoms. The van der Waals surface area contributed by atoms with Crippen molar-refractivity contribution < 1.29 is 19.0 Å². The Morgan fingerprint density at radius 1 is 1.00 bits per heavy atom. The van der Waals surface area contributed by atoms with E-state index in [1.807, 2.05) is 24.3 Å². The van der Waals surface area contributed by atoms with Gasteiger partial charge in [0, 0.05) is 30.5 Å². The second kappa shape index (κ2) is 8.36. The van der Waals surface area contributed by atoms with Crippen molar-refractivity contribution in [3.8, 4) is 22.6 Å². The van der Waals surface area contributed by atoms with Crippen molar-refractivity contribution in [2.45, 2.75) is 25.4 Å². The molecule has 5 heteroatoms. The minimum absolute atomic E-state index is 0.0140. The fourth-order valence-electron chi connectivity index (χ4n) is 4.29. The SMILES string of the molecule is O=C(COc1ccc(-c2cccc3c2OCC3)c2ccccc12)NCC1CCCO1. The molecule has 1 saturated heterocycles. The van der Waals surface area contributed by atoms with Gasteiger partial charge in [-0.3, -0.25) is 4.79 Å². The highest BCUT2D eigenvalue weighted by Gasteiger charge is 2.20. The first-order chi connectivity index (χ1) is 14.8. The smallest absolute Gasteiger partial charge is 0.258 e. The van der Waals surface area contributed by atoms with Crippen LogP contribution in [0.1, 0.15) is 18.4 Å². The molecule has 0 aromatic heterocycles. The molecule has 5 nitrogen and oxygen atoms in total. The van der Waals surface area contributed by atoms with E-state index in [9.17, 15) is 4.79 Å². The number of para-hydroxylation sites is 1. The van der Waals surface area contributed by atoms with E-state index in [4.69, 9.17) is 14.2 Å². The molecule has 1 N–H and O–H groups in total. The summed E-state index contributed by atoms with van der Waals surface area (Å²) in [6, 6.07) is 18.4. The summed E-state index contributed by atoms with van der Waals surface area (Å²) in [7, 11) is 0. The third-order valence-corrected chi connectivity index (χ3v) is 5.80. The lowest BCUT2D eigenvalue weighted by Crippen LogP contribution is -2.35. The van der Waals surface area contributed by atoms with E-state index in [1.54, 1.807) is 0 Å². The third-order valence-electron chi connectivity index (χ3n) is 5.80. The first-order valence-electron chi connectivity index (χ1n) is 10.6. The normalized spacial score (nSPS) is 17.5. The van der Waals surface area contributed by atoms with Crippen molar-refractivity contribution in [3.05, 3.63) is 60.2 Å². The molecule has 0 radical (unpaired) electrons. The topological polar surface area (TPSA) is 56.8 Å². The van der Waals surface area contributed by atoms with Crippen molar-refractivity contribution >= 4 is 16.7 Å². The molecular formula is C25H25NO4. The number of carbonyl (C=O) groups is 1. The lowest BCUT2D eigenvalue weighted by atomic mass is 9.95. The Labute approximate surface area is 175 Å². The Kier molecular flexibility index (Phi) is 5.28. The van der Waals surface area contributed by atoms with Gasteiger partial charge in [-0.25, -0.2) is 0 Å². The van der Waals surface area contributed by atoms with Crippen LogP contribution < -0.4 is 14.8 Å². The van der Waals surface area contributed by atoms with Gasteiger partial charge < -0.3 is 19.5 Å². The number of benzene rings is 3. The molecule has 5 rings (SSSR count). The summed E-state index contributed by atoms with van der Waals surface area (Å²) in [4.78, 5) is 12.2. The fraction of sp³-hybridized carbons (Fsp3) is 0.320. The summed E-state index contributed by atoms with van der Waals surface area (Å²) in [5.74, 6) is 1.55. The number of rotatable bonds is 6. The largest absolute Gasteiger partial charge is 0.492 e. The first-order valence-corrected chi connectivity index (χ1v) is 10.6. The number of nitrogens with one attached hydrogen (secondary N) is 1. The molecule has 0 spiro atoms. The van der Waals surface area contributed by atoms with Gasteiger partial charge in [0.2, 0.25) is 0 Å². The number of hydrogen-bond acceptors (Lipinski definition) is 4. The lowest BCUT2D eigenvalue weighted by Gasteiger charge is -2.15. The average molecular weight is 403 g/mol. The van der Waals surface area contributed by atoms with Crippen molar-refractivity contribution in [3.63, 3.8) is 0 Å². The fourth-order valence-corrected chi connectivity index (χ4v) is 4.29. The van der Waals surface area contributed by atoms with Crippen molar-refractivity contribution in [1.82, 2.24) is 5.32 Å². The van der Waals surface area contributed by atoms with E-state index in [2.05, 4.69) is 35.6 Å². The molecule has 30 heavy (non-hydrogen) atoms. The lowest BCUT2D eigenvalue weighted by molar-refractivity contribution is -0.123. The van der Waals surface area contributed by atoms with Gasteiger partial charge in [0.25, 0.3) is 5.91 Å². The molecule has 0 saturated carbocycles. The summed E-state index contributed by atoms with van der Waals surface area (Å²) < 4.78 is 17.4. The standard InChI is InChI=1S/C25H25NO4/c27-24(26-15-18-6-4-13-28-18)16-30-23-11-10-20(19-7-1-2-8-21(19)23)22-9-3-5-17-12-14-29-25(17)22/h1-3,5,7-11,18H,4,6,12-16H2,(H,26,27). The van der Waals surface area contributed by atoms with Gasteiger partial charge in [-0.2, -0.15) is 0 Å². The van der Waals surface area contributed by atoms with Gasteiger partial charge in [0.15, 0.2) is 6.61 Å². The summed E-state index contributed by atoms with van der Waals surface area (Å²) in [6.45, 7) is 2.04. The second-order valence-electron chi connectivity index (χ2n) is 7.78. The van der Waals surface area contributed by atoms with Gasteiger partial charge in [-0.1, -0.05) is 42.5 Å². The highest BCUT2D eigenvalue weighted by molar-refractivity contribution is 6.01. The van der Waals surface area contributed by atoms with Crippen molar-refractivity contribution in [2.24, 2.45) is 0 Å². The van der Waals surface area contributed by atoms with E-state index >= 15 is 0 Å². The van der Waals surface area contributed by atoms with Crippen LogP contribution in [0, 0.1) is 0 Å². The van der Waals surface area contributed by atoms with Gasteiger partial charge >= 0.3 is 0 Å². The molecule has 2 heterocycles. The molecule has 2 aliphatic heterocycles. The Balaban J connectivity index is 1.37. The molecule has 3 aromatic rings. The molecule has 0 aliphatic carbocycles. The maximum Gasteiger partial charge on any atom is 0.258 e. The molecular weight excluding hydrogens is 378 g/mol. The molecule has 1 atom stereocenters. The molecule has 1 fully saturated rings. The summed E-state index contributed by atoms with van der Waals surface area (Å²) in [6.07, 6.45) is 3.14. The highest BCUT2D eigenvalue weighted by atomic mass is 16.5. The zero-order chi connectivity index (χ0) is 20.3. The maximum atomic E-state index is 12.2. The van der Waals surface area contributed by atoms with Crippen LogP contribution in [0.5, 0.6) is 11.5 Å². The van der Waals surface area contributed by atoms with Crippen molar-refractivity contribution in [2.75, 3.05) is 26.4 Å². The Bertz CT molecular complexity index is 1070. The third kappa shape index (κ3) is 3.73. The molecule has 3 aromatic carbocycles. The van der Waals surface area contributed by atoms with Crippen LogP contribution in [-0.2, 0) is 16.0 Å². The monoisotopic (exact) mass is 403 g/mol. The first kappa shape index (κ1) is 18.9. The molecule has 1 amide bonds. The van der Waals surface area contributed by atoms with Crippen LogP contribution in [0.25, 0.3) is 21.9 Å². The van der Waals surface area contributed by atoms with Crippen LogP contribution >= 0.6 is 0 Å². The minimum atomic E-state index is -0.132. The van der Waals surface area contributed by atoms with Crippen LogP contribution in [0.3, 0.4) is 0 Å². The maximum absolute atomic E-state index is 12.2. The number of ether oxygens (including phenoxy) is 3. The zero-order valence-electron chi connectivity index (χ0n) is 16.9. The summed E-state index contributed by atoms with van der Waals surface area (Å²) in [5.41, 5.74) is 3.46.